The summed E-state index contributed by atoms with van der Waals surface area (Å²) >= 11 is 0. The van der Waals surface area contributed by atoms with Crippen molar-refractivity contribution in [2.45, 2.75) is 12.5 Å². The first-order valence-electron chi connectivity index (χ1n) is 4.36. The van der Waals surface area contributed by atoms with Gasteiger partial charge in [-0.1, -0.05) is 0 Å². The maximum atomic E-state index is 11.4. The zero-order valence-electron chi connectivity index (χ0n) is 7.84. The molecule has 2 aliphatic rings. The fraction of sp³-hybridized carbons (Fsp3) is 0.750. The zero-order chi connectivity index (χ0) is 9.59. The average Bonchev–Trinajstić information content (AvgIpc) is 2.32. The van der Waals surface area contributed by atoms with Crippen molar-refractivity contribution < 1.29 is 14.7 Å². The minimum absolute atomic E-state index is 0. The molecule has 2 amide bonds. The van der Waals surface area contributed by atoms with Crippen molar-refractivity contribution >= 4 is 24.4 Å². The summed E-state index contributed by atoms with van der Waals surface area (Å²) in [5.74, 6) is -1.17. The molecule has 0 saturated carbocycles. The third-order valence-electron chi connectivity index (χ3n) is 2.97. The van der Waals surface area contributed by atoms with E-state index in [-0.39, 0.29) is 30.4 Å². The fourth-order valence-corrected chi connectivity index (χ4v) is 2.15. The van der Waals surface area contributed by atoms with Crippen LogP contribution in [-0.4, -0.2) is 53.1 Å². The van der Waals surface area contributed by atoms with E-state index in [0.29, 0.717) is 19.5 Å². The molecule has 0 aromatic carbocycles. The summed E-state index contributed by atoms with van der Waals surface area (Å²) in [6.07, 6.45) is 0.579. The topological polar surface area (TPSA) is 60.9 Å². The number of carboxylic acids is 1. The molecule has 2 atom stereocenters. The molecular weight excluding hydrogens is 208 g/mol. The van der Waals surface area contributed by atoms with Crippen LogP contribution in [0.25, 0.3) is 0 Å². The van der Waals surface area contributed by atoms with Crippen LogP contribution < -0.4 is 0 Å². The Kier molecular flexibility index (Phi) is 2.89. The van der Waals surface area contributed by atoms with Crippen LogP contribution in [0.2, 0.25) is 0 Å². The van der Waals surface area contributed by atoms with Gasteiger partial charge in [0.25, 0.3) is 0 Å². The molecule has 2 aliphatic heterocycles. The van der Waals surface area contributed by atoms with Crippen molar-refractivity contribution in [3.05, 3.63) is 0 Å². The molecule has 0 spiro atoms. The van der Waals surface area contributed by atoms with Crippen molar-refractivity contribution in [2.75, 3.05) is 20.1 Å². The predicted molar refractivity (Wildman–Crippen MR) is 51.5 cm³/mol. The van der Waals surface area contributed by atoms with E-state index < -0.39 is 5.97 Å². The molecule has 0 aliphatic carbocycles. The third-order valence-corrected chi connectivity index (χ3v) is 2.97. The van der Waals surface area contributed by atoms with Gasteiger partial charge in [-0.2, -0.15) is 0 Å². The molecule has 0 aromatic heterocycles. The maximum absolute atomic E-state index is 11.4. The molecule has 2 bridgehead atoms. The highest BCUT2D eigenvalue weighted by atomic mass is 35.5. The Balaban J connectivity index is 0.000000980. The van der Waals surface area contributed by atoms with Crippen LogP contribution in [0.1, 0.15) is 6.42 Å². The summed E-state index contributed by atoms with van der Waals surface area (Å²) in [6.45, 7) is 1.16. The van der Waals surface area contributed by atoms with E-state index in [1.807, 2.05) is 0 Å². The lowest BCUT2D eigenvalue weighted by molar-refractivity contribution is -0.144. The van der Waals surface area contributed by atoms with Crippen LogP contribution in [0.5, 0.6) is 0 Å². The van der Waals surface area contributed by atoms with Crippen molar-refractivity contribution in [1.82, 2.24) is 9.80 Å². The van der Waals surface area contributed by atoms with E-state index in [1.54, 1.807) is 16.8 Å². The van der Waals surface area contributed by atoms with Crippen LogP contribution in [0.3, 0.4) is 0 Å². The van der Waals surface area contributed by atoms with E-state index >= 15 is 0 Å². The second-order valence-electron chi connectivity index (χ2n) is 3.64. The normalized spacial score (nSPS) is 30.2. The molecule has 2 heterocycles. The van der Waals surface area contributed by atoms with Crippen molar-refractivity contribution in [2.24, 2.45) is 5.92 Å². The summed E-state index contributed by atoms with van der Waals surface area (Å²) < 4.78 is 0. The predicted octanol–water partition coefficient (Wildman–Crippen LogP) is 0.249. The van der Waals surface area contributed by atoms with E-state index in [0.717, 1.165) is 0 Å². The molecule has 80 valence electrons. The number of carboxylic acid groups (broad SMARTS) is 1. The van der Waals surface area contributed by atoms with Gasteiger partial charge in [-0.05, 0) is 6.42 Å². The summed E-state index contributed by atoms with van der Waals surface area (Å²) in [4.78, 5) is 25.5. The number of likely N-dealkylation sites (N-methyl/N-ethyl adjacent to an activating group) is 1. The van der Waals surface area contributed by atoms with Gasteiger partial charge in [0, 0.05) is 20.1 Å². The lowest BCUT2D eigenvalue weighted by atomic mass is 9.93. The Hall–Kier alpha value is -0.970. The largest absolute Gasteiger partial charge is 0.481 e. The SMILES string of the molecule is CN1C(=O)N2CCC(C(=O)O)C1C2.Cl. The lowest BCUT2D eigenvalue weighted by Gasteiger charge is -2.27. The maximum Gasteiger partial charge on any atom is 0.320 e. The van der Waals surface area contributed by atoms with Crippen LogP contribution in [0.4, 0.5) is 4.79 Å². The number of hydrogen-bond donors (Lipinski definition) is 1. The molecule has 2 rings (SSSR count). The Morgan fingerprint density at radius 3 is 2.79 bits per heavy atom. The highest BCUT2D eigenvalue weighted by Gasteiger charge is 2.45. The van der Waals surface area contributed by atoms with Crippen LogP contribution >= 0.6 is 12.4 Å². The number of carbonyl (C=O) groups excluding carboxylic acids is 1. The summed E-state index contributed by atoms with van der Waals surface area (Å²) in [6, 6.07) is -0.160. The van der Waals surface area contributed by atoms with Gasteiger partial charge < -0.3 is 14.9 Å². The van der Waals surface area contributed by atoms with Gasteiger partial charge in [-0.25, -0.2) is 4.79 Å². The van der Waals surface area contributed by atoms with E-state index in [4.69, 9.17) is 5.11 Å². The van der Waals surface area contributed by atoms with Gasteiger partial charge in [0.1, 0.15) is 0 Å². The summed E-state index contributed by atoms with van der Waals surface area (Å²) in [5, 5.41) is 8.91. The highest BCUT2D eigenvalue weighted by Crippen LogP contribution is 2.28. The Bertz CT molecular complexity index is 271. The first-order chi connectivity index (χ1) is 6.11. The van der Waals surface area contributed by atoms with Crippen molar-refractivity contribution in [3.8, 4) is 0 Å². The molecule has 14 heavy (non-hydrogen) atoms. The molecule has 2 fully saturated rings. The average molecular weight is 221 g/mol. The molecule has 5 nitrogen and oxygen atoms in total. The van der Waals surface area contributed by atoms with Gasteiger partial charge in [-0.3, -0.25) is 4.79 Å². The molecule has 1 N–H and O–H groups in total. The van der Waals surface area contributed by atoms with E-state index in [2.05, 4.69) is 0 Å². The van der Waals surface area contributed by atoms with Gasteiger partial charge in [0.2, 0.25) is 0 Å². The minimum atomic E-state index is -0.786. The van der Waals surface area contributed by atoms with Gasteiger partial charge >= 0.3 is 12.0 Å². The van der Waals surface area contributed by atoms with Crippen molar-refractivity contribution in [1.29, 1.82) is 0 Å². The number of halogens is 1. The smallest absolute Gasteiger partial charge is 0.320 e. The number of amides is 2. The Labute approximate surface area is 88.1 Å². The lowest BCUT2D eigenvalue weighted by Crippen LogP contribution is -2.42. The quantitative estimate of drug-likeness (QED) is 0.689. The number of fused-ring (bicyclic) bond motifs is 2. The van der Waals surface area contributed by atoms with Crippen LogP contribution in [0, 0.1) is 5.92 Å². The zero-order valence-corrected chi connectivity index (χ0v) is 8.66. The standard InChI is InChI=1S/C8H12N2O3.ClH/c1-9-6-4-10(8(9)13)3-2-5(6)7(11)12;/h5-6H,2-4H2,1H3,(H,11,12);1H. The second-order valence-corrected chi connectivity index (χ2v) is 3.64. The number of nitrogens with zero attached hydrogens (tertiary/aromatic N) is 2. The first kappa shape index (κ1) is 11.1. The molecule has 6 heteroatoms. The molecular formula is C8H13ClN2O3. The molecule has 0 aromatic rings. The van der Waals surface area contributed by atoms with Gasteiger partial charge in [0.05, 0.1) is 12.0 Å². The van der Waals surface area contributed by atoms with Crippen LogP contribution in [-0.2, 0) is 4.79 Å². The number of aliphatic carboxylic acids is 1. The van der Waals surface area contributed by atoms with Crippen LogP contribution in [0.15, 0.2) is 0 Å². The van der Waals surface area contributed by atoms with E-state index in [9.17, 15) is 9.59 Å². The van der Waals surface area contributed by atoms with Gasteiger partial charge in [0.15, 0.2) is 0 Å². The number of urea groups is 1. The molecule has 2 unspecified atom stereocenters. The number of rotatable bonds is 1. The third kappa shape index (κ3) is 1.41. The Morgan fingerprint density at radius 1 is 1.57 bits per heavy atom. The second kappa shape index (κ2) is 3.65. The highest BCUT2D eigenvalue weighted by molar-refractivity contribution is 5.85. The monoisotopic (exact) mass is 220 g/mol. The van der Waals surface area contributed by atoms with Gasteiger partial charge in [-0.15, -0.1) is 12.4 Å². The number of hydrogen-bond acceptors (Lipinski definition) is 2. The molecule has 2 saturated heterocycles. The number of carbonyl (C=O) groups is 2. The Morgan fingerprint density at radius 2 is 2.21 bits per heavy atom. The molecule has 0 radical (unpaired) electrons. The van der Waals surface area contributed by atoms with E-state index in [1.165, 1.54) is 0 Å². The first-order valence-corrected chi connectivity index (χ1v) is 4.36. The summed E-state index contributed by atoms with van der Waals surface area (Å²) in [7, 11) is 1.67. The van der Waals surface area contributed by atoms with Crippen molar-refractivity contribution in [3.63, 3.8) is 0 Å². The fourth-order valence-electron chi connectivity index (χ4n) is 2.15. The summed E-state index contributed by atoms with van der Waals surface area (Å²) in [5.41, 5.74) is 0. The minimum Gasteiger partial charge on any atom is -0.481 e. The number of piperidine rings is 1.